The number of carbonyl (C=O) groups is 3. The first kappa shape index (κ1) is 25.0. The lowest BCUT2D eigenvalue weighted by molar-refractivity contribution is -0.129. The molecule has 186 valence electrons. The molecule has 2 heterocycles. The van der Waals surface area contributed by atoms with Gasteiger partial charge in [-0.25, -0.2) is 13.2 Å². The van der Waals surface area contributed by atoms with E-state index < -0.39 is 41.7 Å². The molecule has 1 saturated heterocycles. The third-order valence-electron chi connectivity index (χ3n) is 6.27. The second-order valence-electron chi connectivity index (χ2n) is 8.79. The van der Waals surface area contributed by atoms with Gasteiger partial charge in [0.15, 0.2) is 0 Å². The number of benzene rings is 1. The Bertz CT molecular complexity index is 1120. The van der Waals surface area contributed by atoms with Gasteiger partial charge in [0.1, 0.15) is 17.9 Å². The number of halogens is 4. The molecule has 3 amide bonds. The van der Waals surface area contributed by atoms with E-state index in [0.717, 1.165) is 17.2 Å². The first-order valence-corrected chi connectivity index (χ1v) is 11.7. The lowest BCUT2D eigenvalue weighted by Crippen LogP contribution is -2.52. The van der Waals surface area contributed by atoms with Crippen molar-refractivity contribution < 1.29 is 27.6 Å². The minimum atomic E-state index is -2.78. The van der Waals surface area contributed by atoms with E-state index in [9.17, 15) is 27.6 Å². The lowest BCUT2D eigenvalue weighted by Gasteiger charge is -2.35. The van der Waals surface area contributed by atoms with E-state index in [0.29, 0.717) is 0 Å². The summed E-state index contributed by atoms with van der Waals surface area (Å²) in [5.41, 5.74) is 0.251. The van der Waals surface area contributed by atoms with E-state index in [1.54, 1.807) is 24.3 Å². The van der Waals surface area contributed by atoms with Gasteiger partial charge in [-0.05, 0) is 25.3 Å². The van der Waals surface area contributed by atoms with E-state index in [-0.39, 0.29) is 60.7 Å². The van der Waals surface area contributed by atoms with Gasteiger partial charge in [-0.2, -0.15) is 0 Å². The summed E-state index contributed by atoms with van der Waals surface area (Å²) < 4.78 is 41.4. The van der Waals surface area contributed by atoms with E-state index >= 15 is 0 Å². The Balaban J connectivity index is 1.74. The molecule has 35 heavy (non-hydrogen) atoms. The van der Waals surface area contributed by atoms with Crippen molar-refractivity contribution in [3.8, 4) is 0 Å². The highest BCUT2D eigenvalue weighted by molar-refractivity contribution is 6.31. The third-order valence-corrected chi connectivity index (χ3v) is 6.61. The minimum Gasteiger partial charge on any atom is -0.351 e. The first-order valence-electron chi connectivity index (χ1n) is 11.3. The summed E-state index contributed by atoms with van der Waals surface area (Å²) in [5.74, 6) is -5.13. The second-order valence-corrected chi connectivity index (χ2v) is 9.20. The first-order chi connectivity index (χ1) is 16.6. The molecular weight excluding hydrogens is 485 g/mol. The van der Waals surface area contributed by atoms with E-state index in [1.807, 2.05) is 0 Å². The molecule has 2 aromatic rings. The number of hydrogen-bond donors (Lipinski definition) is 2. The SMILES string of the molecule is O=C1CC[C@@H](C(=O)N(c2cncc(F)c2)C(C(=O)NC2CCC(F)(F)CC2)c2ccccc2Cl)N1. The van der Waals surface area contributed by atoms with Gasteiger partial charge in [0, 0.05) is 42.0 Å². The van der Waals surface area contributed by atoms with Gasteiger partial charge >= 0.3 is 0 Å². The highest BCUT2D eigenvalue weighted by Crippen LogP contribution is 2.36. The number of carbonyl (C=O) groups excluding carboxylic acids is 3. The molecule has 1 aromatic heterocycles. The Hall–Kier alpha value is -3.14. The molecule has 2 aliphatic rings. The second kappa shape index (κ2) is 10.2. The topological polar surface area (TPSA) is 91.4 Å². The molecule has 2 fully saturated rings. The molecule has 1 aliphatic heterocycles. The largest absolute Gasteiger partial charge is 0.351 e. The Morgan fingerprint density at radius 3 is 2.51 bits per heavy atom. The van der Waals surface area contributed by atoms with Gasteiger partial charge in [-0.3, -0.25) is 24.3 Å². The summed E-state index contributed by atoms with van der Waals surface area (Å²) in [6.07, 6.45) is 1.94. The zero-order valence-electron chi connectivity index (χ0n) is 18.6. The highest BCUT2D eigenvalue weighted by Gasteiger charge is 2.41. The van der Waals surface area contributed by atoms with Crippen molar-refractivity contribution in [3.63, 3.8) is 0 Å². The van der Waals surface area contributed by atoms with Crippen LogP contribution in [0, 0.1) is 5.82 Å². The predicted molar refractivity (Wildman–Crippen MR) is 122 cm³/mol. The van der Waals surface area contributed by atoms with Crippen molar-refractivity contribution in [1.29, 1.82) is 0 Å². The molecule has 4 rings (SSSR count). The molecule has 1 saturated carbocycles. The van der Waals surface area contributed by atoms with Gasteiger partial charge in [-0.1, -0.05) is 29.8 Å². The Morgan fingerprint density at radius 1 is 1.17 bits per heavy atom. The van der Waals surface area contributed by atoms with Crippen molar-refractivity contribution in [2.45, 2.75) is 62.6 Å². The maximum absolute atomic E-state index is 14.2. The standard InChI is InChI=1S/C24H24ClF3N4O3/c25-18-4-2-1-3-17(18)21(22(34)30-15-7-9-24(27,28)10-8-15)32(16-11-14(26)12-29-13-16)23(35)19-5-6-20(33)31-19/h1-4,11-13,15,19,21H,5-10H2,(H,30,34)(H,31,33)/t19-,21?/m0/s1. The normalized spacial score (nSPS) is 20.7. The summed E-state index contributed by atoms with van der Waals surface area (Å²) in [6, 6.07) is 4.62. The van der Waals surface area contributed by atoms with Crippen LogP contribution >= 0.6 is 11.6 Å². The van der Waals surface area contributed by atoms with Crippen LogP contribution in [0.25, 0.3) is 0 Å². The summed E-state index contributed by atoms with van der Waals surface area (Å²) in [7, 11) is 0. The Kier molecular flexibility index (Phi) is 7.30. The van der Waals surface area contributed by atoms with Crippen molar-refractivity contribution in [1.82, 2.24) is 15.6 Å². The van der Waals surface area contributed by atoms with Gasteiger partial charge < -0.3 is 10.6 Å². The average molecular weight is 509 g/mol. The van der Waals surface area contributed by atoms with Gasteiger partial charge in [0.25, 0.3) is 5.91 Å². The Morgan fingerprint density at radius 2 is 1.89 bits per heavy atom. The van der Waals surface area contributed by atoms with Crippen molar-refractivity contribution in [3.05, 3.63) is 59.1 Å². The highest BCUT2D eigenvalue weighted by atomic mass is 35.5. The van der Waals surface area contributed by atoms with Crippen LogP contribution in [0.2, 0.25) is 5.02 Å². The van der Waals surface area contributed by atoms with Crippen LogP contribution in [0.4, 0.5) is 18.9 Å². The number of hydrogen-bond acceptors (Lipinski definition) is 4. The number of aromatic nitrogens is 1. The minimum absolute atomic E-state index is 0.00797. The summed E-state index contributed by atoms with van der Waals surface area (Å²) in [4.78, 5) is 44.0. The van der Waals surface area contributed by atoms with E-state index in [1.165, 1.54) is 6.20 Å². The van der Waals surface area contributed by atoms with E-state index in [2.05, 4.69) is 15.6 Å². The Labute approximate surface area is 205 Å². The summed E-state index contributed by atoms with van der Waals surface area (Å²) in [5, 5.41) is 5.53. The molecule has 7 nitrogen and oxygen atoms in total. The number of nitrogens with one attached hydrogen (secondary N) is 2. The van der Waals surface area contributed by atoms with Crippen LogP contribution in [0.1, 0.15) is 50.1 Å². The fraction of sp³-hybridized carbons (Fsp3) is 0.417. The fourth-order valence-corrected chi connectivity index (χ4v) is 4.70. The molecule has 2 N–H and O–H groups in total. The van der Waals surface area contributed by atoms with Gasteiger partial charge in [0.05, 0.1) is 18.1 Å². The molecule has 0 radical (unpaired) electrons. The number of amides is 3. The van der Waals surface area contributed by atoms with Crippen LogP contribution in [-0.4, -0.2) is 40.7 Å². The summed E-state index contributed by atoms with van der Waals surface area (Å²) in [6.45, 7) is 0. The molecule has 11 heteroatoms. The zero-order valence-corrected chi connectivity index (χ0v) is 19.4. The van der Waals surface area contributed by atoms with Crippen LogP contribution in [0.15, 0.2) is 42.7 Å². The van der Waals surface area contributed by atoms with Crippen molar-refractivity contribution >= 4 is 35.0 Å². The lowest BCUT2D eigenvalue weighted by atomic mass is 9.91. The van der Waals surface area contributed by atoms with Crippen LogP contribution in [-0.2, 0) is 14.4 Å². The van der Waals surface area contributed by atoms with Gasteiger partial charge in [-0.15, -0.1) is 0 Å². The number of alkyl halides is 2. The number of pyridine rings is 1. The van der Waals surface area contributed by atoms with Crippen molar-refractivity contribution in [2.24, 2.45) is 0 Å². The molecule has 1 aromatic carbocycles. The maximum Gasteiger partial charge on any atom is 0.250 e. The average Bonchev–Trinajstić information content (AvgIpc) is 3.25. The van der Waals surface area contributed by atoms with Crippen LogP contribution in [0.3, 0.4) is 0 Å². The molecule has 2 atom stereocenters. The summed E-state index contributed by atoms with van der Waals surface area (Å²) >= 11 is 6.42. The maximum atomic E-state index is 14.2. The molecule has 1 unspecified atom stereocenters. The monoisotopic (exact) mass is 508 g/mol. The number of rotatable bonds is 6. The predicted octanol–water partition coefficient (Wildman–Crippen LogP) is 3.92. The molecule has 0 bridgehead atoms. The zero-order chi connectivity index (χ0) is 25.2. The number of anilines is 1. The fourth-order valence-electron chi connectivity index (χ4n) is 4.46. The van der Waals surface area contributed by atoms with Crippen molar-refractivity contribution in [2.75, 3.05) is 4.90 Å². The quantitative estimate of drug-likeness (QED) is 0.618. The molecular formula is C24H24ClF3N4O3. The van der Waals surface area contributed by atoms with Gasteiger partial charge in [0.2, 0.25) is 17.7 Å². The van der Waals surface area contributed by atoms with Crippen LogP contribution < -0.4 is 15.5 Å². The van der Waals surface area contributed by atoms with E-state index in [4.69, 9.17) is 11.6 Å². The molecule has 0 spiro atoms. The number of nitrogens with zero attached hydrogens (tertiary/aromatic N) is 2. The third kappa shape index (κ3) is 5.75. The smallest absolute Gasteiger partial charge is 0.250 e. The van der Waals surface area contributed by atoms with Crippen LogP contribution in [0.5, 0.6) is 0 Å². The molecule has 1 aliphatic carbocycles.